The minimum absolute atomic E-state index is 0.165. The molecule has 108 valence electrons. The van der Waals surface area contributed by atoms with Crippen molar-refractivity contribution in [2.75, 3.05) is 26.2 Å². The van der Waals surface area contributed by atoms with Gasteiger partial charge in [-0.05, 0) is 38.5 Å². The van der Waals surface area contributed by atoms with Gasteiger partial charge in [0.2, 0.25) is 0 Å². The second-order valence-electron chi connectivity index (χ2n) is 6.27. The van der Waals surface area contributed by atoms with Crippen LogP contribution in [-0.2, 0) is 0 Å². The molecule has 0 aromatic carbocycles. The first kappa shape index (κ1) is 13.2. The molecule has 3 fully saturated rings. The molecule has 1 aliphatic heterocycles. The summed E-state index contributed by atoms with van der Waals surface area (Å²) in [4.78, 5) is 16.0. The number of piperazine rings is 1. The Labute approximate surface area is 114 Å². The number of carboxylic acid groups (broad SMARTS) is 1. The van der Waals surface area contributed by atoms with Gasteiger partial charge in [0.1, 0.15) is 0 Å². The molecule has 5 heteroatoms. The van der Waals surface area contributed by atoms with E-state index in [9.17, 15) is 4.79 Å². The maximum atomic E-state index is 10.7. The number of carbonyl (C=O) groups is 1. The molecule has 0 radical (unpaired) electrons. The number of nitrogens with one attached hydrogen (secondary N) is 1. The first-order valence-electron chi connectivity index (χ1n) is 7.70. The summed E-state index contributed by atoms with van der Waals surface area (Å²) in [5, 5.41) is 11.5. The van der Waals surface area contributed by atoms with Gasteiger partial charge in [-0.1, -0.05) is 0 Å². The van der Waals surface area contributed by atoms with Gasteiger partial charge in [0, 0.05) is 44.3 Å². The summed E-state index contributed by atoms with van der Waals surface area (Å²) in [6.45, 7) is 4.75. The maximum Gasteiger partial charge on any atom is 0.404 e. The van der Waals surface area contributed by atoms with E-state index in [0.29, 0.717) is 6.04 Å². The first-order valence-corrected chi connectivity index (χ1v) is 7.70. The average Bonchev–Trinajstić information content (AvgIpc) is 3.23. The Morgan fingerprint density at radius 2 is 1.58 bits per heavy atom. The Bertz CT molecular complexity index is 325. The highest BCUT2D eigenvalue weighted by molar-refractivity contribution is 5.64. The van der Waals surface area contributed by atoms with Crippen molar-refractivity contribution in [3.8, 4) is 0 Å². The third-order valence-electron chi connectivity index (χ3n) is 4.90. The molecule has 0 aromatic rings. The Morgan fingerprint density at radius 3 is 2.16 bits per heavy atom. The molecule has 5 nitrogen and oxygen atoms in total. The number of hydrogen-bond acceptors (Lipinski definition) is 3. The van der Waals surface area contributed by atoms with Gasteiger partial charge in [-0.2, -0.15) is 0 Å². The van der Waals surface area contributed by atoms with E-state index in [1.807, 2.05) is 0 Å². The van der Waals surface area contributed by atoms with Crippen molar-refractivity contribution in [1.82, 2.24) is 15.1 Å². The number of rotatable bonds is 3. The van der Waals surface area contributed by atoms with Crippen molar-refractivity contribution < 1.29 is 9.90 Å². The second-order valence-corrected chi connectivity index (χ2v) is 6.27. The van der Waals surface area contributed by atoms with Crippen LogP contribution in [0.4, 0.5) is 4.79 Å². The average molecular weight is 267 g/mol. The van der Waals surface area contributed by atoms with Gasteiger partial charge in [0.05, 0.1) is 0 Å². The topological polar surface area (TPSA) is 55.8 Å². The van der Waals surface area contributed by atoms with Crippen LogP contribution in [0.15, 0.2) is 0 Å². The van der Waals surface area contributed by atoms with Crippen LogP contribution in [0.3, 0.4) is 0 Å². The molecule has 1 heterocycles. The maximum absolute atomic E-state index is 10.7. The Kier molecular flexibility index (Phi) is 3.93. The molecule has 1 amide bonds. The van der Waals surface area contributed by atoms with Crippen LogP contribution in [0.5, 0.6) is 0 Å². The van der Waals surface area contributed by atoms with E-state index >= 15 is 0 Å². The highest BCUT2D eigenvalue weighted by Gasteiger charge is 2.34. The van der Waals surface area contributed by atoms with Crippen molar-refractivity contribution in [3.05, 3.63) is 0 Å². The highest BCUT2D eigenvalue weighted by Crippen LogP contribution is 2.29. The Balaban J connectivity index is 1.47. The predicted octanol–water partition coefficient (Wildman–Crippen LogP) is 1.35. The second kappa shape index (κ2) is 5.67. The Morgan fingerprint density at radius 1 is 0.947 bits per heavy atom. The molecule has 0 bridgehead atoms. The van der Waals surface area contributed by atoms with Gasteiger partial charge in [-0.15, -0.1) is 0 Å². The summed E-state index contributed by atoms with van der Waals surface area (Å²) < 4.78 is 0. The van der Waals surface area contributed by atoms with Crippen LogP contribution in [0.1, 0.15) is 38.5 Å². The van der Waals surface area contributed by atoms with Crippen LogP contribution < -0.4 is 5.32 Å². The monoisotopic (exact) mass is 267 g/mol. The van der Waals surface area contributed by atoms with Crippen molar-refractivity contribution >= 4 is 6.09 Å². The van der Waals surface area contributed by atoms with E-state index in [1.165, 1.54) is 45.4 Å². The van der Waals surface area contributed by atoms with E-state index in [-0.39, 0.29) is 6.04 Å². The zero-order chi connectivity index (χ0) is 13.2. The molecule has 0 aromatic heterocycles. The fraction of sp³-hybridized carbons (Fsp3) is 0.929. The van der Waals surface area contributed by atoms with Crippen LogP contribution in [0, 0.1) is 0 Å². The molecular weight excluding hydrogens is 242 g/mol. The van der Waals surface area contributed by atoms with Crippen LogP contribution in [0.2, 0.25) is 0 Å². The Hall–Kier alpha value is -0.810. The van der Waals surface area contributed by atoms with Crippen LogP contribution >= 0.6 is 0 Å². The zero-order valence-corrected chi connectivity index (χ0v) is 11.6. The minimum atomic E-state index is -0.871. The molecule has 3 aliphatic rings. The molecule has 2 atom stereocenters. The molecule has 3 rings (SSSR count). The molecule has 19 heavy (non-hydrogen) atoms. The summed E-state index contributed by atoms with van der Waals surface area (Å²) >= 11 is 0. The third-order valence-corrected chi connectivity index (χ3v) is 4.90. The zero-order valence-electron chi connectivity index (χ0n) is 11.6. The summed E-state index contributed by atoms with van der Waals surface area (Å²) in [5.74, 6) is 0. The van der Waals surface area contributed by atoms with E-state index in [0.717, 1.165) is 25.3 Å². The normalized spacial score (nSPS) is 34.1. The van der Waals surface area contributed by atoms with Gasteiger partial charge in [-0.3, -0.25) is 9.80 Å². The molecule has 2 aliphatic carbocycles. The molecule has 0 spiro atoms. The quantitative estimate of drug-likeness (QED) is 0.810. The van der Waals surface area contributed by atoms with E-state index in [2.05, 4.69) is 15.1 Å². The number of nitrogens with zero attached hydrogens (tertiary/aromatic N) is 2. The van der Waals surface area contributed by atoms with Crippen molar-refractivity contribution in [3.63, 3.8) is 0 Å². The van der Waals surface area contributed by atoms with E-state index in [4.69, 9.17) is 5.11 Å². The third kappa shape index (κ3) is 3.39. The van der Waals surface area contributed by atoms with E-state index < -0.39 is 6.09 Å². The standard InChI is InChI=1S/C14H25N3O2/c18-14(19)15-11-2-1-3-13(10-11)17-8-6-16(7-9-17)12-4-5-12/h11-13,15H,1-10H2,(H,18,19)/t11?,13-/m1/s1. The lowest BCUT2D eigenvalue weighted by molar-refractivity contribution is 0.0682. The van der Waals surface area contributed by atoms with E-state index in [1.54, 1.807) is 0 Å². The van der Waals surface area contributed by atoms with Gasteiger partial charge in [0.15, 0.2) is 0 Å². The molecule has 1 saturated heterocycles. The lowest BCUT2D eigenvalue weighted by Crippen LogP contribution is -2.53. The van der Waals surface area contributed by atoms with Crippen molar-refractivity contribution in [2.45, 2.75) is 56.7 Å². The predicted molar refractivity (Wildman–Crippen MR) is 73.4 cm³/mol. The van der Waals surface area contributed by atoms with Crippen LogP contribution in [0.25, 0.3) is 0 Å². The molecule has 2 N–H and O–H groups in total. The van der Waals surface area contributed by atoms with Gasteiger partial charge in [-0.25, -0.2) is 4.79 Å². The number of amides is 1. The summed E-state index contributed by atoms with van der Waals surface area (Å²) in [5.41, 5.74) is 0. The fourth-order valence-electron chi connectivity index (χ4n) is 3.71. The summed E-state index contributed by atoms with van der Waals surface area (Å²) in [6.07, 6.45) is 6.31. The van der Waals surface area contributed by atoms with Crippen molar-refractivity contribution in [1.29, 1.82) is 0 Å². The largest absolute Gasteiger partial charge is 0.465 e. The first-order chi connectivity index (χ1) is 9.22. The highest BCUT2D eigenvalue weighted by atomic mass is 16.4. The lowest BCUT2D eigenvalue weighted by Gasteiger charge is -2.42. The smallest absolute Gasteiger partial charge is 0.404 e. The summed E-state index contributed by atoms with van der Waals surface area (Å²) in [7, 11) is 0. The van der Waals surface area contributed by atoms with Gasteiger partial charge < -0.3 is 10.4 Å². The summed E-state index contributed by atoms with van der Waals surface area (Å²) in [6, 6.07) is 1.64. The lowest BCUT2D eigenvalue weighted by atomic mass is 9.89. The molecule has 2 saturated carbocycles. The van der Waals surface area contributed by atoms with Crippen LogP contribution in [-0.4, -0.2) is 65.3 Å². The molecular formula is C14H25N3O2. The van der Waals surface area contributed by atoms with Gasteiger partial charge >= 0.3 is 6.09 Å². The minimum Gasteiger partial charge on any atom is -0.465 e. The van der Waals surface area contributed by atoms with Gasteiger partial charge in [0.25, 0.3) is 0 Å². The molecule has 1 unspecified atom stereocenters. The fourth-order valence-corrected chi connectivity index (χ4v) is 3.71. The number of hydrogen-bond donors (Lipinski definition) is 2. The van der Waals surface area contributed by atoms with Crippen molar-refractivity contribution in [2.24, 2.45) is 0 Å². The SMILES string of the molecule is O=C(O)NC1CCC[C@@H](N2CCN(C3CC3)CC2)C1.